The predicted molar refractivity (Wildman–Crippen MR) is 73.7 cm³/mol. The summed E-state index contributed by atoms with van der Waals surface area (Å²) in [4.78, 5) is 37.3. The Hall–Kier alpha value is -2.84. The molecule has 2 rings (SSSR count). The van der Waals surface area contributed by atoms with Crippen molar-refractivity contribution >= 4 is 5.97 Å². The van der Waals surface area contributed by atoms with E-state index in [0.29, 0.717) is 10.6 Å². The molecule has 1 aromatic carbocycles. The van der Waals surface area contributed by atoms with Gasteiger partial charge in [0.1, 0.15) is 0 Å². The van der Waals surface area contributed by atoms with Crippen LogP contribution >= 0.6 is 0 Å². The Morgan fingerprint density at radius 3 is 2.52 bits per heavy atom. The number of nitrogens with zero attached hydrogens (tertiary/aromatic N) is 1. The highest BCUT2D eigenvalue weighted by molar-refractivity contribution is 5.70. The molecule has 0 atom stereocenters. The van der Waals surface area contributed by atoms with Crippen LogP contribution < -0.4 is 11.2 Å². The number of nitrogens with one attached hydrogen (secondary N) is 1. The first-order valence-corrected chi connectivity index (χ1v) is 6.35. The fourth-order valence-corrected chi connectivity index (χ4v) is 2.09. The van der Waals surface area contributed by atoms with Crippen molar-refractivity contribution in [1.29, 1.82) is 0 Å². The summed E-state index contributed by atoms with van der Waals surface area (Å²) in [5.41, 5.74) is -3.37. The lowest BCUT2D eigenvalue weighted by Crippen LogP contribution is -2.37. The zero-order valence-corrected chi connectivity index (χ0v) is 11.8. The largest absolute Gasteiger partial charge is 0.481 e. The van der Waals surface area contributed by atoms with Gasteiger partial charge in [-0.25, -0.2) is 9.36 Å². The van der Waals surface area contributed by atoms with Crippen molar-refractivity contribution in [2.45, 2.75) is 19.5 Å². The molecule has 2 N–H and O–H groups in total. The highest BCUT2D eigenvalue weighted by Gasteiger charge is 2.30. The molecule has 0 spiro atoms. The Bertz CT molecular complexity index is 881. The third-order valence-electron chi connectivity index (χ3n) is 3.17. The molecule has 0 aliphatic carbocycles. The van der Waals surface area contributed by atoms with E-state index in [4.69, 9.17) is 5.11 Å². The van der Waals surface area contributed by atoms with Crippen molar-refractivity contribution < 1.29 is 23.1 Å². The SMILES string of the molecule is Cc1[nH]c(=O)n(-c2cccc(C(F)(F)F)c2)c(=O)c1CC(=O)O. The molecule has 0 aliphatic heterocycles. The number of aliphatic carboxylic acids is 1. The molecule has 1 heterocycles. The monoisotopic (exact) mass is 328 g/mol. The average molecular weight is 328 g/mol. The number of carboxylic acid groups (broad SMARTS) is 1. The Kier molecular flexibility index (Phi) is 4.13. The normalized spacial score (nSPS) is 11.5. The molecular weight excluding hydrogens is 317 g/mol. The maximum absolute atomic E-state index is 12.7. The van der Waals surface area contributed by atoms with E-state index < -0.39 is 35.4 Å². The van der Waals surface area contributed by atoms with E-state index in [1.165, 1.54) is 6.92 Å². The van der Waals surface area contributed by atoms with Gasteiger partial charge in [0.25, 0.3) is 5.56 Å². The van der Waals surface area contributed by atoms with Crippen LogP contribution in [0.2, 0.25) is 0 Å². The van der Waals surface area contributed by atoms with Crippen molar-refractivity contribution in [1.82, 2.24) is 9.55 Å². The minimum atomic E-state index is -4.64. The zero-order valence-electron chi connectivity index (χ0n) is 11.8. The summed E-state index contributed by atoms with van der Waals surface area (Å²) in [7, 11) is 0. The van der Waals surface area contributed by atoms with Gasteiger partial charge >= 0.3 is 17.8 Å². The van der Waals surface area contributed by atoms with Crippen LogP contribution in [0, 0.1) is 6.92 Å². The summed E-state index contributed by atoms with van der Waals surface area (Å²) in [6, 6.07) is 3.66. The standard InChI is InChI=1S/C14H11F3N2O4/c1-7-10(6-11(20)21)12(22)19(13(23)18-7)9-4-2-3-8(5-9)14(15,16)17/h2-5H,6H2,1H3,(H,18,23)(H,20,21). The molecule has 2 aromatic rings. The van der Waals surface area contributed by atoms with E-state index in [9.17, 15) is 27.6 Å². The lowest BCUT2D eigenvalue weighted by Gasteiger charge is -2.11. The van der Waals surface area contributed by atoms with Crippen LogP contribution in [-0.4, -0.2) is 20.6 Å². The smallest absolute Gasteiger partial charge is 0.416 e. The number of carbonyl (C=O) groups is 1. The Balaban J connectivity index is 2.72. The van der Waals surface area contributed by atoms with Crippen LogP contribution in [0.4, 0.5) is 13.2 Å². The van der Waals surface area contributed by atoms with Crippen LogP contribution in [0.1, 0.15) is 16.8 Å². The van der Waals surface area contributed by atoms with Crippen molar-refractivity contribution in [3.8, 4) is 5.69 Å². The zero-order chi connectivity index (χ0) is 17.4. The van der Waals surface area contributed by atoms with Crippen molar-refractivity contribution in [2.24, 2.45) is 0 Å². The van der Waals surface area contributed by atoms with Crippen LogP contribution in [0.15, 0.2) is 33.9 Å². The minimum absolute atomic E-state index is 0.0608. The van der Waals surface area contributed by atoms with Gasteiger partial charge in [0.05, 0.1) is 17.7 Å². The second-order valence-corrected chi connectivity index (χ2v) is 4.79. The fourth-order valence-electron chi connectivity index (χ4n) is 2.09. The number of aromatic amines is 1. The molecule has 0 saturated heterocycles. The lowest BCUT2D eigenvalue weighted by atomic mass is 10.1. The van der Waals surface area contributed by atoms with Gasteiger partial charge in [-0.2, -0.15) is 13.2 Å². The first-order chi connectivity index (χ1) is 10.6. The highest BCUT2D eigenvalue weighted by atomic mass is 19.4. The number of H-pyrrole nitrogens is 1. The van der Waals surface area contributed by atoms with E-state index in [2.05, 4.69) is 4.98 Å². The van der Waals surface area contributed by atoms with Crippen LogP contribution in [0.3, 0.4) is 0 Å². The molecular formula is C14H11F3N2O4. The molecule has 1 aromatic heterocycles. The van der Waals surface area contributed by atoms with Gasteiger partial charge < -0.3 is 10.1 Å². The second kappa shape index (κ2) is 5.75. The molecule has 0 fully saturated rings. The lowest BCUT2D eigenvalue weighted by molar-refractivity contribution is -0.138. The predicted octanol–water partition coefficient (Wildman–Crippen LogP) is 1.48. The van der Waals surface area contributed by atoms with E-state index in [0.717, 1.165) is 18.2 Å². The van der Waals surface area contributed by atoms with Crippen LogP contribution in [0.25, 0.3) is 5.69 Å². The van der Waals surface area contributed by atoms with E-state index >= 15 is 0 Å². The number of rotatable bonds is 3. The van der Waals surface area contributed by atoms with Gasteiger partial charge in [-0.15, -0.1) is 0 Å². The van der Waals surface area contributed by atoms with E-state index in [1.807, 2.05) is 0 Å². The second-order valence-electron chi connectivity index (χ2n) is 4.79. The third kappa shape index (κ3) is 3.33. The van der Waals surface area contributed by atoms with Gasteiger partial charge in [-0.3, -0.25) is 9.59 Å². The Labute approximate surface area is 126 Å². The summed E-state index contributed by atoms with van der Waals surface area (Å²) in [6.07, 6.45) is -5.29. The van der Waals surface area contributed by atoms with Crippen molar-refractivity contribution in [3.63, 3.8) is 0 Å². The van der Waals surface area contributed by atoms with E-state index in [-0.39, 0.29) is 16.9 Å². The number of halogens is 3. The Morgan fingerprint density at radius 1 is 1.30 bits per heavy atom. The molecule has 9 heteroatoms. The highest BCUT2D eigenvalue weighted by Crippen LogP contribution is 2.29. The van der Waals surface area contributed by atoms with Crippen molar-refractivity contribution in [3.05, 3.63) is 61.9 Å². The molecule has 0 aliphatic rings. The van der Waals surface area contributed by atoms with Gasteiger partial charge in [-0.1, -0.05) is 6.07 Å². The summed E-state index contributed by atoms with van der Waals surface area (Å²) in [6.45, 7) is 1.34. The third-order valence-corrected chi connectivity index (χ3v) is 3.17. The molecule has 0 unspecified atom stereocenters. The maximum atomic E-state index is 12.7. The first kappa shape index (κ1) is 16.5. The number of carboxylic acids is 1. The van der Waals surface area contributed by atoms with Gasteiger partial charge in [0.15, 0.2) is 0 Å². The van der Waals surface area contributed by atoms with Gasteiger partial charge in [0, 0.05) is 11.3 Å². The fraction of sp³-hybridized carbons (Fsp3) is 0.214. The Morgan fingerprint density at radius 2 is 1.96 bits per heavy atom. The summed E-state index contributed by atoms with van der Waals surface area (Å²) < 4.78 is 38.7. The molecule has 6 nitrogen and oxygen atoms in total. The van der Waals surface area contributed by atoms with Gasteiger partial charge in [0.2, 0.25) is 0 Å². The topological polar surface area (TPSA) is 92.2 Å². The minimum Gasteiger partial charge on any atom is -0.481 e. The number of alkyl halides is 3. The molecule has 122 valence electrons. The summed E-state index contributed by atoms with van der Waals surface area (Å²) in [5, 5.41) is 8.81. The molecule has 0 saturated carbocycles. The first-order valence-electron chi connectivity index (χ1n) is 6.35. The molecule has 0 radical (unpaired) electrons. The van der Waals surface area contributed by atoms with Gasteiger partial charge in [-0.05, 0) is 25.1 Å². The number of aryl methyl sites for hydroxylation is 1. The number of benzene rings is 1. The van der Waals surface area contributed by atoms with Crippen molar-refractivity contribution in [2.75, 3.05) is 0 Å². The van der Waals surface area contributed by atoms with Crippen LogP contribution in [-0.2, 0) is 17.4 Å². The average Bonchev–Trinajstić information content (AvgIpc) is 2.42. The maximum Gasteiger partial charge on any atom is 0.416 e. The number of hydrogen-bond donors (Lipinski definition) is 2. The van der Waals surface area contributed by atoms with Crippen LogP contribution in [0.5, 0.6) is 0 Å². The molecule has 0 bridgehead atoms. The number of aromatic nitrogens is 2. The van der Waals surface area contributed by atoms with E-state index in [1.54, 1.807) is 0 Å². The quantitative estimate of drug-likeness (QED) is 0.893. The summed E-state index contributed by atoms with van der Waals surface area (Å²) in [5.74, 6) is -1.30. The molecule has 0 amide bonds. The number of hydrogen-bond acceptors (Lipinski definition) is 3. The summed E-state index contributed by atoms with van der Waals surface area (Å²) >= 11 is 0. The molecule has 23 heavy (non-hydrogen) atoms.